The summed E-state index contributed by atoms with van der Waals surface area (Å²) in [5.74, 6) is 0. The molecule has 0 saturated carbocycles. The number of nitrogens with zero attached hydrogens (tertiary/aromatic N) is 6. The van der Waals surface area contributed by atoms with Crippen LogP contribution in [0.15, 0.2) is 262 Å². The molecular weight excluding hydrogens is 2030 g/mol. The maximum absolute atomic E-state index is 11.6. The number of fused-ring (bicyclic) bond motifs is 12. The number of aromatic amines is 2. The molecular formula is C96H78Br2Cl2N8O10Re2. The minimum absolute atomic E-state index is 0.0552. The van der Waals surface area contributed by atoms with Gasteiger partial charge < -0.3 is 9.97 Å². The molecule has 0 radical (unpaired) electrons. The van der Waals surface area contributed by atoms with Crippen LogP contribution >= 0.6 is 50.9 Å². The van der Waals surface area contributed by atoms with Gasteiger partial charge in [0.15, 0.2) is 10.9 Å². The monoisotopic (exact) mass is 2100 g/mol. The van der Waals surface area contributed by atoms with E-state index in [-0.39, 0.29) is 32.5 Å². The van der Waals surface area contributed by atoms with Gasteiger partial charge in [0.25, 0.3) is 0 Å². The van der Waals surface area contributed by atoms with E-state index in [1.165, 1.54) is 115 Å². The first-order valence-corrected chi connectivity index (χ1v) is 43.9. The normalized spacial score (nSPS) is 10.2. The number of pyridine rings is 8. The Morgan fingerprint density at radius 2 is 0.433 bits per heavy atom. The third-order valence-corrected chi connectivity index (χ3v) is 20.0. The Kier molecular flexibility index (Phi) is 43.6. The molecule has 120 heavy (non-hydrogen) atoms. The number of halogens is 4. The first-order chi connectivity index (χ1) is 57.8. The van der Waals surface area contributed by atoms with Gasteiger partial charge in [0.2, 0.25) is 0 Å². The fraction of sp³-hybridized carbons (Fsp3) is 0.167. The third-order valence-electron chi connectivity index (χ3n) is 18.7. The molecule has 0 unspecified atom stereocenters. The predicted molar refractivity (Wildman–Crippen MR) is 469 cm³/mol. The second-order valence-electron chi connectivity index (χ2n) is 29.5. The number of benzene rings is 8. The van der Waals surface area contributed by atoms with Crippen molar-refractivity contribution in [1.82, 2.24) is 39.9 Å². The van der Waals surface area contributed by atoms with Crippen molar-refractivity contribution in [2.45, 2.75) is 105 Å². The van der Waals surface area contributed by atoms with Crippen molar-refractivity contribution < 1.29 is 73.6 Å². The molecule has 16 aromatic rings. The van der Waals surface area contributed by atoms with Crippen LogP contribution in [0.5, 0.6) is 0 Å². The Labute approximate surface area is 743 Å². The molecule has 0 aliphatic heterocycles. The molecule has 8 aromatic carbocycles. The fourth-order valence-corrected chi connectivity index (χ4v) is 13.8. The standard InChI is InChI=1S/2C32H32N2.C12H6Br2N2.C12H8N2O2.8CO.2ClH.2Re/c2*1-31(2,3)23-11-7-21(8-12-23)25-17-19-33-29-27(25)15-16-28-26(18-20-34-30(28)29)22-9-13-24(14-10-22)32(4,5)6;13-9-3-5-15-11-7(9)1-2-8-10(14)4-6-16-12(8)11;15-9-3-5-13-11-7(9)1-2-8-10(16)4-6-14-12(8)11;8*1-2;;;;/h2*7-20H,1-6H3;1-6H;1-6H,(H,13,15)(H,14,16);;;;;;;;;2*1H;;/q;;;;;;;;;;;;;;2*+1/p-2. The summed E-state index contributed by atoms with van der Waals surface area (Å²) in [5, 5.41) is 7.85. The minimum atomic E-state index is -0.0552. The summed E-state index contributed by atoms with van der Waals surface area (Å²) < 4.78 is 62.1. The summed E-state index contributed by atoms with van der Waals surface area (Å²) in [6, 6.07) is 67.2. The quantitative estimate of drug-likeness (QED) is 0.0967. The van der Waals surface area contributed by atoms with Gasteiger partial charge in [-0.1, -0.05) is 248 Å². The van der Waals surface area contributed by atoms with Crippen molar-refractivity contribution in [1.29, 1.82) is 0 Å². The van der Waals surface area contributed by atoms with Gasteiger partial charge in [-0.2, -0.15) is 0 Å². The van der Waals surface area contributed by atoms with E-state index >= 15 is 0 Å². The van der Waals surface area contributed by atoms with Crippen LogP contribution in [0.1, 0.15) is 105 Å². The molecule has 0 atom stereocenters. The van der Waals surface area contributed by atoms with E-state index in [1.807, 2.05) is 36.9 Å². The number of rotatable bonds is 4. The van der Waals surface area contributed by atoms with Crippen molar-refractivity contribution in [2.24, 2.45) is 0 Å². The molecule has 604 valence electrons. The molecule has 0 amide bonds. The van der Waals surface area contributed by atoms with E-state index in [9.17, 15) is 9.59 Å². The molecule has 16 rings (SSSR count). The molecule has 8 heterocycles. The Morgan fingerprint density at radius 3 is 0.633 bits per heavy atom. The van der Waals surface area contributed by atoms with E-state index in [1.54, 1.807) is 36.9 Å². The molecule has 18 nitrogen and oxygen atoms in total. The Morgan fingerprint density at radius 1 is 0.258 bits per heavy atom. The molecule has 8 aromatic heterocycles. The molecule has 0 saturated heterocycles. The van der Waals surface area contributed by atoms with Crippen LogP contribution in [0.25, 0.3) is 132 Å². The first-order valence-electron chi connectivity index (χ1n) is 35.6. The van der Waals surface area contributed by atoms with E-state index in [2.05, 4.69) is 346 Å². The van der Waals surface area contributed by atoms with Crippen LogP contribution in [0.2, 0.25) is 0 Å². The summed E-state index contributed by atoms with van der Waals surface area (Å²) in [6.45, 7) is 63.0. The van der Waals surface area contributed by atoms with Crippen molar-refractivity contribution in [3.05, 3.63) is 349 Å². The Hall–Kier alpha value is -10.6. The van der Waals surface area contributed by atoms with Crippen molar-refractivity contribution in [3.63, 3.8) is 0 Å². The number of nitrogens with one attached hydrogen (secondary N) is 2. The molecule has 0 bridgehead atoms. The van der Waals surface area contributed by atoms with E-state index in [0.29, 0.717) is 21.8 Å². The summed E-state index contributed by atoms with van der Waals surface area (Å²) in [6.07, 6.45) is 14.3. The number of H-pyrrole nitrogens is 2. The second-order valence-corrected chi connectivity index (χ2v) is 31.2. The summed E-state index contributed by atoms with van der Waals surface area (Å²) in [5.41, 5.74) is 22.3. The average molecular weight is 2110 g/mol. The zero-order valence-corrected chi connectivity index (χ0v) is 77.2. The van der Waals surface area contributed by atoms with Crippen LogP contribution in [-0.4, -0.2) is 39.9 Å². The Balaban J connectivity index is 0.000000401. The van der Waals surface area contributed by atoms with E-state index in [0.717, 1.165) is 74.4 Å². The first kappa shape index (κ1) is 104. The van der Waals surface area contributed by atoms with Crippen LogP contribution in [0.3, 0.4) is 0 Å². The zero-order valence-electron chi connectivity index (χ0n) is 67.1. The number of hydrogen-bond acceptors (Lipinski definition) is 8. The molecule has 0 aliphatic carbocycles. The SMILES string of the molecule is Brc1ccnc2c1ccc1c(Br)ccnc12.CC(C)(C)c1ccc(-c2ccnc3c2ccc2c(-c4ccc(C(C)(C)C)cc4)ccnc23)cc1.CC(C)(C)c1ccc(-c2ccnc3c2ccc2c(-c4ccc(C(C)(C)C)cc4)ccnc23)cc1.O=c1cc[nH]c2c1ccc1c(=O)cc[nH]c12.[C-]#[O+].[C-]#[O+].[C-]#[O+].[C-]#[O+].[C-]#[O+].[C-]#[O+].[C-]#[O+].[C-]#[O+].[Cl][Re].[Cl][Re]. The molecule has 24 heteroatoms. The van der Waals surface area contributed by atoms with Gasteiger partial charge in [0, 0.05) is 114 Å². The molecule has 2 N–H and O–H groups in total. The fourth-order valence-electron chi connectivity index (χ4n) is 12.9. The van der Waals surface area contributed by atoms with Gasteiger partial charge in [0.05, 0.1) is 44.1 Å². The van der Waals surface area contributed by atoms with Gasteiger partial charge in [-0.05, 0) is 137 Å². The van der Waals surface area contributed by atoms with Crippen molar-refractivity contribution >= 4 is 138 Å². The van der Waals surface area contributed by atoms with Crippen LogP contribution < -0.4 is 10.9 Å². The summed E-state index contributed by atoms with van der Waals surface area (Å²) >= 11 is 9.43. The topological polar surface area (TPSA) is 302 Å². The van der Waals surface area contributed by atoms with Crippen molar-refractivity contribution in [3.8, 4) is 44.5 Å². The van der Waals surface area contributed by atoms with Gasteiger partial charge in [-0.3, -0.25) is 39.5 Å². The van der Waals surface area contributed by atoms with Gasteiger partial charge in [-0.25, -0.2) is 0 Å². The van der Waals surface area contributed by atoms with E-state index < -0.39 is 0 Å². The summed E-state index contributed by atoms with van der Waals surface area (Å²) in [7, 11) is 9.39. The zero-order chi connectivity index (χ0) is 90.4. The third kappa shape index (κ3) is 25.7. The number of aromatic nitrogens is 8. The van der Waals surface area contributed by atoms with Crippen LogP contribution in [0, 0.1) is 53.2 Å². The number of hydrogen-bond donors (Lipinski definition) is 2. The van der Waals surface area contributed by atoms with Crippen LogP contribution in [-0.2, 0) is 95.2 Å². The molecule has 0 fully saturated rings. The maximum atomic E-state index is 11.6. The van der Waals surface area contributed by atoms with Crippen LogP contribution in [0.4, 0.5) is 0 Å². The van der Waals surface area contributed by atoms with Crippen molar-refractivity contribution in [2.75, 3.05) is 0 Å². The summed E-state index contributed by atoms with van der Waals surface area (Å²) in [4.78, 5) is 57.1. The van der Waals surface area contributed by atoms with Gasteiger partial charge in [0.1, 0.15) is 0 Å². The molecule has 0 aliphatic rings. The molecule has 0 spiro atoms. The Bertz CT molecular complexity index is 5720. The van der Waals surface area contributed by atoms with Gasteiger partial charge >= 0.3 is 146 Å². The van der Waals surface area contributed by atoms with Gasteiger partial charge in [-0.15, -0.1) is 0 Å². The van der Waals surface area contributed by atoms with E-state index in [4.69, 9.17) is 76.2 Å². The second kappa shape index (κ2) is 50.5. The average Bonchev–Trinajstić information content (AvgIpc) is 0.764. The predicted octanol–water partition coefficient (Wildman–Crippen LogP) is 24.2.